The summed E-state index contributed by atoms with van der Waals surface area (Å²) in [5.74, 6) is 0.718. The third-order valence-corrected chi connectivity index (χ3v) is 3.63. The lowest BCUT2D eigenvalue weighted by Gasteiger charge is -2.34. The summed E-state index contributed by atoms with van der Waals surface area (Å²) in [6.07, 6.45) is 0.233. The molecule has 1 aromatic carbocycles. The first-order valence-electron chi connectivity index (χ1n) is 6.77. The number of aromatic nitrogens is 1. The van der Waals surface area contributed by atoms with Gasteiger partial charge in [-0.2, -0.15) is 0 Å². The summed E-state index contributed by atoms with van der Waals surface area (Å²) in [7, 11) is 2.00. The number of nitrogens with zero attached hydrogens (tertiary/aromatic N) is 2. The summed E-state index contributed by atoms with van der Waals surface area (Å²) in [5, 5.41) is 6.78. The van der Waals surface area contributed by atoms with E-state index in [-0.39, 0.29) is 6.17 Å². The monoisotopic (exact) mass is 260 g/mol. The second kappa shape index (κ2) is 5.28. The van der Waals surface area contributed by atoms with Gasteiger partial charge in [-0.15, -0.1) is 0 Å². The lowest BCUT2D eigenvalue weighted by atomic mass is 10.1. The van der Waals surface area contributed by atoms with Crippen LogP contribution in [0.2, 0.25) is 0 Å². The van der Waals surface area contributed by atoms with Gasteiger partial charge >= 0.3 is 0 Å². The molecule has 0 amide bonds. The van der Waals surface area contributed by atoms with Gasteiger partial charge in [0.15, 0.2) is 11.5 Å². The maximum Gasteiger partial charge on any atom is 0.192 e. The predicted octanol–water partition coefficient (Wildman–Crippen LogP) is 1.26. The summed E-state index contributed by atoms with van der Waals surface area (Å²) in [5.41, 5.74) is 3.02. The molecule has 0 saturated carbocycles. The number of aryl methyl sites for hydroxylation is 1. The van der Waals surface area contributed by atoms with E-state index in [0.29, 0.717) is 0 Å². The van der Waals surface area contributed by atoms with Crippen molar-refractivity contribution in [3.63, 3.8) is 0 Å². The van der Waals surface area contributed by atoms with Gasteiger partial charge in [-0.1, -0.05) is 6.07 Å². The molecule has 19 heavy (non-hydrogen) atoms. The number of nitrogens with one attached hydrogen (secondary N) is 2. The van der Waals surface area contributed by atoms with Crippen LogP contribution in [0.25, 0.3) is 11.1 Å². The van der Waals surface area contributed by atoms with Crippen molar-refractivity contribution in [2.75, 3.05) is 33.2 Å². The average Bonchev–Trinajstić information content (AvgIpc) is 2.80. The highest BCUT2D eigenvalue weighted by Gasteiger charge is 2.21. The molecule has 5 heteroatoms. The fourth-order valence-corrected chi connectivity index (χ4v) is 2.73. The number of hydrogen-bond donors (Lipinski definition) is 2. The summed E-state index contributed by atoms with van der Waals surface area (Å²) in [4.78, 5) is 6.79. The van der Waals surface area contributed by atoms with E-state index in [4.69, 9.17) is 4.42 Å². The number of hydrogen-bond acceptors (Lipinski definition) is 5. The van der Waals surface area contributed by atoms with Crippen molar-refractivity contribution in [1.82, 2.24) is 20.5 Å². The molecule has 0 aliphatic carbocycles. The molecular weight excluding hydrogens is 240 g/mol. The van der Waals surface area contributed by atoms with Gasteiger partial charge in [0.1, 0.15) is 5.52 Å². The van der Waals surface area contributed by atoms with Crippen molar-refractivity contribution in [3.05, 3.63) is 29.7 Å². The van der Waals surface area contributed by atoms with Crippen LogP contribution in [-0.4, -0.2) is 43.1 Å². The molecule has 1 aliphatic heterocycles. The van der Waals surface area contributed by atoms with Gasteiger partial charge in [0.25, 0.3) is 0 Å². The van der Waals surface area contributed by atoms with Gasteiger partial charge in [0.2, 0.25) is 0 Å². The first-order valence-corrected chi connectivity index (χ1v) is 6.77. The third-order valence-electron chi connectivity index (χ3n) is 3.63. The molecule has 0 radical (unpaired) electrons. The molecule has 1 fully saturated rings. The summed E-state index contributed by atoms with van der Waals surface area (Å²) >= 11 is 0. The predicted molar refractivity (Wildman–Crippen MR) is 75.0 cm³/mol. The Balaban J connectivity index is 1.91. The van der Waals surface area contributed by atoms with Crippen LogP contribution in [-0.2, 0) is 0 Å². The Hall–Kier alpha value is -1.43. The Kier molecular flexibility index (Phi) is 3.50. The lowest BCUT2D eigenvalue weighted by molar-refractivity contribution is 0.153. The van der Waals surface area contributed by atoms with Crippen LogP contribution < -0.4 is 10.6 Å². The maximum absolute atomic E-state index is 5.62. The number of benzene rings is 1. The molecule has 2 N–H and O–H groups in total. The van der Waals surface area contributed by atoms with Crippen molar-refractivity contribution < 1.29 is 4.42 Å². The Morgan fingerprint density at radius 1 is 1.37 bits per heavy atom. The zero-order valence-electron chi connectivity index (χ0n) is 11.4. The van der Waals surface area contributed by atoms with Gasteiger partial charge in [0.05, 0.1) is 6.17 Å². The van der Waals surface area contributed by atoms with Gasteiger partial charge < -0.3 is 15.1 Å². The molecule has 0 bridgehead atoms. The van der Waals surface area contributed by atoms with Crippen molar-refractivity contribution in [2.24, 2.45) is 0 Å². The highest BCUT2D eigenvalue weighted by atomic mass is 16.3. The molecule has 1 unspecified atom stereocenters. The van der Waals surface area contributed by atoms with Crippen LogP contribution in [0.4, 0.5) is 0 Å². The molecular formula is C14H20N4O. The topological polar surface area (TPSA) is 53.3 Å². The van der Waals surface area contributed by atoms with Crippen molar-refractivity contribution in [1.29, 1.82) is 0 Å². The molecule has 1 aliphatic rings. The van der Waals surface area contributed by atoms with Crippen molar-refractivity contribution in [3.8, 4) is 0 Å². The van der Waals surface area contributed by atoms with Crippen molar-refractivity contribution >= 4 is 11.1 Å². The van der Waals surface area contributed by atoms with E-state index in [2.05, 4.69) is 32.7 Å². The molecule has 102 valence electrons. The summed E-state index contributed by atoms with van der Waals surface area (Å²) in [6.45, 7) is 6.08. The second-order valence-corrected chi connectivity index (χ2v) is 4.94. The minimum atomic E-state index is 0.233. The average molecular weight is 260 g/mol. The zero-order chi connectivity index (χ0) is 13.2. The number of rotatable bonds is 3. The Morgan fingerprint density at radius 3 is 2.89 bits per heavy atom. The fraction of sp³-hybridized carbons (Fsp3) is 0.500. The minimum absolute atomic E-state index is 0.233. The molecule has 1 aromatic heterocycles. The fourth-order valence-electron chi connectivity index (χ4n) is 2.73. The van der Waals surface area contributed by atoms with Gasteiger partial charge in [-0.05, 0) is 24.7 Å². The van der Waals surface area contributed by atoms with Crippen LogP contribution in [0.5, 0.6) is 0 Å². The van der Waals surface area contributed by atoms with Crippen molar-refractivity contribution in [2.45, 2.75) is 13.1 Å². The number of oxazole rings is 1. The van der Waals surface area contributed by atoms with E-state index >= 15 is 0 Å². The molecule has 2 aromatic rings. The smallest absolute Gasteiger partial charge is 0.192 e. The van der Waals surface area contributed by atoms with E-state index < -0.39 is 0 Å². The lowest BCUT2D eigenvalue weighted by Crippen LogP contribution is -2.48. The first-order chi connectivity index (χ1) is 9.28. The highest BCUT2D eigenvalue weighted by Crippen LogP contribution is 2.23. The highest BCUT2D eigenvalue weighted by molar-refractivity contribution is 5.73. The Bertz CT molecular complexity index is 560. The van der Waals surface area contributed by atoms with Gasteiger partial charge in [-0.3, -0.25) is 4.90 Å². The van der Waals surface area contributed by atoms with E-state index in [1.165, 1.54) is 5.56 Å². The first kappa shape index (κ1) is 12.6. The SMILES string of the molecule is CNC(c1ccc2nc(C)oc2c1)N1CCNCC1. The van der Waals surface area contributed by atoms with E-state index in [1.54, 1.807) is 0 Å². The van der Waals surface area contributed by atoms with E-state index in [9.17, 15) is 0 Å². The Labute approximate surface area is 113 Å². The summed E-state index contributed by atoms with van der Waals surface area (Å²) in [6, 6.07) is 6.26. The largest absolute Gasteiger partial charge is 0.441 e. The van der Waals surface area contributed by atoms with Crippen LogP contribution in [0.15, 0.2) is 22.6 Å². The standard InChI is InChI=1S/C14H20N4O/c1-10-17-12-4-3-11(9-13(12)19-10)14(15-2)18-7-5-16-6-8-18/h3-4,9,14-16H,5-8H2,1-2H3. The normalized spacial score (nSPS) is 18.8. The third kappa shape index (κ3) is 2.49. The maximum atomic E-state index is 5.62. The van der Waals surface area contributed by atoms with Gasteiger partial charge in [-0.25, -0.2) is 4.98 Å². The van der Waals surface area contributed by atoms with Crippen LogP contribution in [0.3, 0.4) is 0 Å². The summed E-state index contributed by atoms with van der Waals surface area (Å²) < 4.78 is 5.62. The molecule has 0 spiro atoms. The van der Waals surface area contributed by atoms with Crippen LogP contribution >= 0.6 is 0 Å². The quantitative estimate of drug-likeness (QED) is 0.870. The van der Waals surface area contributed by atoms with Gasteiger partial charge in [0, 0.05) is 33.1 Å². The molecule has 5 nitrogen and oxygen atoms in total. The molecule has 1 atom stereocenters. The number of fused-ring (bicyclic) bond motifs is 1. The van der Waals surface area contributed by atoms with Crippen LogP contribution in [0.1, 0.15) is 17.6 Å². The minimum Gasteiger partial charge on any atom is -0.441 e. The molecule has 3 rings (SSSR count). The molecule has 2 heterocycles. The van der Waals surface area contributed by atoms with E-state index in [1.807, 2.05) is 20.0 Å². The second-order valence-electron chi connectivity index (χ2n) is 4.94. The Morgan fingerprint density at radius 2 is 2.16 bits per heavy atom. The zero-order valence-corrected chi connectivity index (χ0v) is 11.4. The molecule has 1 saturated heterocycles. The van der Waals surface area contributed by atoms with E-state index in [0.717, 1.165) is 43.2 Å². The van der Waals surface area contributed by atoms with Crippen LogP contribution in [0, 0.1) is 6.92 Å². The number of piperazine rings is 1.